The van der Waals surface area contributed by atoms with Gasteiger partial charge in [-0.3, -0.25) is 10.1 Å². The smallest absolute Gasteiger partial charge is 0.311 e. The van der Waals surface area contributed by atoms with Crippen molar-refractivity contribution in [3.63, 3.8) is 0 Å². The maximum Gasteiger partial charge on any atom is 0.311 e. The highest BCUT2D eigenvalue weighted by atomic mass is 16.6. The number of hydrogen-bond donors (Lipinski definition) is 3. The summed E-state index contributed by atoms with van der Waals surface area (Å²) in [5, 5.41) is 13.8. The number of nitro groups is 1. The van der Waals surface area contributed by atoms with E-state index >= 15 is 0 Å². The minimum atomic E-state index is -0.497. The molecule has 0 spiro atoms. The van der Waals surface area contributed by atoms with Crippen molar-refractivity contribution in [2.24, 2.45) is 5.84 Å². The lowest BCUT2D eigenvalue weighted by atomic mass is 10.3. The van der Waals surface area contributed by atoms with Crippen molar-refractivity contribution in [3.8, 4) is 0 Å². The molecular weight excluding hydrogens is 238 g/mol. The molecule has 0 aliphatic carbocycles. The molecule has 1 rings (SSSR count). The first kappa shape index (κ1) is 14.1. The number of aromatic nitrogens is 1. The number of rotatable bonds is 7. The van der Waals surface area contributed by atoms with Crippen LogP contribution in [0.4, 0.5) is 17.3 Å². The lowest BCUT2D eigenvalue weighted by Gasteiger charge is -2.14. The monoisotopic (exact) mass is 255 g/mol. The Labute approximate surface area is 105 Å². The van der Waals surface area contributed by atoms with Gasteiger partial charge in [-0.05, 0) is 19.9 Å². The number of ether oxygens (including phenoxy) is 1. The SMILES string of the molecule is CCOCC(C)Nc1nc(NN)ccc1[N+](=O)[O-]. The fourth-order valence-corrected chi connectivity index (χ4v) is 1.36. The fraction of sp³-hybridized carbons (Fsp3) is 0.500. The predicted molar refractivity (Wildman–Crippen MR) is 68.3 cm³/mol. The Kier molecular flexibility index (Phi) is 5.28. The zero-order valence-electron chi connectivity index (χ0n) is 10.3. The second-order valence-electron chi connectivity index (χ2n) is 3.67. The van der Waals surface area contributed by atoms with Crippen LogP contribution in [0.1, 0.15) is 13.8 Å². The molecule has 0 aliphatic rings. The summed E-state index contributed by atoms with van der Waals surface area (Å²) in [6, 6.07) is 2.69. The van der Waals surface area contributed by atoms with Crippen molar-refractivity contribution in [1.82, 2.24) is 4.98 Å². The highest BCUT2D eigenvalue weighted by molar-refractivity contribution is 5.60. The second-order valence-corrected chi connectivity index (χ2v) is 3.67. The zero-order chi connectivity index (χ0) is 13.5. The van der Waals surface area contributed by atoms with Crippen LogP contribution in [0.3, 0.4) is 0 Å². The number of anilines is 2. The van der Waals surface area contributed by atoms with E-state index in [0.29, 0.717) is 19.0 Å². The van der Waals surface area contributed by atoms with Crippen LogP contribution in [-0.2, 0) is 4.74 Å². The summed E-state index contributed by atoms with van der Waals surface area (Å²) in [4.78, 5) is 14.4. The molecule has 0 radical (unpaired) electrons. The average Bonchev–Trinajstić information content (AvgIpc) is 2.35. The van der Waals surface area contributed by atoms with Crippen LogP contribution in [0.5, 0.6) is 0 Å². The molecule has 0 aliphatic heterocycles. The van der Waals surface area contributed by atoms with Crippen molar-refractivity contribution >= 4 is 17.3 Å². The molecule has 8 nitrogen and oxygen atoms in total. The summed E-state index contributed by atoms with van der Waals surface area (Å²) >= 11 is 0. The third-order valence-electron chi connectivity index (χ3n) is 2.17. The highest BCUT2D eigenvalue weighted by Crippen LogP contribution is 2.24. The lowest BCUT2D eigenvalue weighted by molar-refractivity contribution is -0.384. The Hall–Kier alpha value is -1.93. The topological polar surface area (TPSA) is 115 Å². The Balaban J connectivity index is 2.86. The summed E-state index contributed by atoms with van der Waals surface area (Å²) in [7, 11) is 0. The van der Waals surface area contributed by atoms with E-state index in [4.69, 9.17) is 10.6 Å². The molecule has 0 fully saturated rings. The fourth-order valence-electron chi connectivity index (χ4n) is 1.36. The maximum atomic E-state index is 10.9. The number of nitrogen functional groups attached to an aromatic ring is 1. The second kappa shape index (κ2) is 6.72. The number of hydrogen-bond acceptors (Lipinski definition) is 7. The number of nitrogens with zero attached hydrogens (tertiary/aromatic N) is 2. The van der Waals surface area contributed by atoms with Crippen molar-refractivity contribution in [1.29, 1.82) is 0 Å². The van der Waals surface area contributed by atoms with Gasteiger partial charge in [0.2, 0.25) is 5.82 Å². The molecule has 0 saturated heterocycles. The number of nitrogens with one attached hydrogen (secondary N) is 2. The lowest BCUT2D eigenvalue weighted by Crippen LogP contribution is -2.23. The van der Waals surface area contributed by atoms with E-state index in [-0.39, 0.29) is 17.5 Å². The summed E-state index contributed by atoms with van der Waals surface area (Å²) in [5.41, 5.74) is 2.25. The van der Waals surface area contributed by atoms with Gasteiger partial charge < -0.3 is 15.5 Å². The van der Waals surface area contributed by atoms with Crippen molar-refractivity contribution in [2.75, 3.05) is 24.0 Å². The minimum Gasteiger partial charge on any atom is -0.380 e. The Morgan fingerprint density at radius 3 is 2.89 bits per heavy atom. The summed E-state index contributed by atoms with van der Waals surface area (Å²) in [5.74, 6) is 5.74. The van der Waals surface area contributed by atoms with Crippen LogP contribution in [0.2, 0.25) is 0 Å². The Bertz CT molecular complexity index is 412. The van der Waals surface area contributed by atoms with E-state index in [2.05, 4.69) is 15.7 Å². The first-order chi connectivity index (χ1) is 8.58. The summed E-state index contributed by atoms with van der Waals surface area (Å²) < 4.78 is 5.22. The molecule has 0 bridgehead atoms. The quantitative estimate of drug-likeness (QED) is 0.379. The molecule has 1 aromatic heterocycles. The van der Waals surface area contributed by atoms with E-state index in [1.807, 2.05) is 13.8 Å². The highest BCUT2D eigenvalue weighted by Gasteiger charge is 2.17. The van der Waals surface area contributed by atoms with Gasteiger partial charge in [0.15, 0.2) is 0 Å². The molecule has 1 unspecified atom stereocenters. The van der Waals surface area contributed by atoms with Gasteiger partial charge in [0.1, 0.15) is 5.82 Å². The van der Waals surface area contributed by atoms with Gasteiger partial charge in [0.25, 0.3) is 0 Å². The molecular formula is C10H17N5O3. The van der Waals surface area contributed by atoms with Crippen molar-refractivity contribution in [2.45, 2.75) is 19.9 Å². The van der Waals surface area contributed by atoms with Gasteiger partial charge in [0.05, 0.1) is 11.5 Å². The van der Waals surface area contributed by atoms with E-state index in [1.54, 1.807) is 0 Å². The van der Waals surface area contributed by atoms with Gasteiger partial charge in [-0.1, -0.05) is 0 Å². The molecule has 1 atom stereocenters. The van der Waals surface area contributed by atoms with Crippen molar-refractivity contribution < 1.29 is 9.66 Å². The van der Waals surface area contributed by atoms with Crippen LogP contribution in [0, 0.1) is 10.1 Å². The van der Waals surface area contributed by atoms with Gasteiger partial charge in [-0.15, -0.1) is 0 Å². The van der Waals surface area contributed by atoms with Crippen LogP contribution in [-0.4, -0.2) is 29.2 Å². The predicted octanol–water partition coefficient (Wildman–Crippen LogP) is 1.11. The van der Waals surface area contributed by atoms with Crippen LogP contribution >= 0.6 is 0 Å². The molecule has 8 heteroatoms. The first-order valence-corrected chi connectivity index (χ1v) is 5.54. The molecule has 0 amide bonds. The average molecular weight is 255 g/mol. The third-order valence-corrected chi connectivity index (χ3v) is 2.17. The summed E-state index contributed by atoms with van der Waals surface area (Å²) in [6.45, 7) is 4.76. The number of nitrogens with two attached hydrogens (primary N) is 1. The van der Waals surface area contributed by atoms with E-state index in [9.17, 15) is 10.1 Å². The largest absolute Gasteiger partial charge is 0.380 e. The first-order valence-electron chi connectivity index (χ1n) is 5.54. The van der Waals surface area contributed by atoms with E-state index < -0.39 is 4.92 Å². The van der Waals surface area contributed by atoms with Gasteiger partial charge >= 0.3 is 5.69 Å². The van der Waals surface area contributed by atoms with Crippen LogP contribution < -0.4 is 16.6 Å². The van der Waals surface area contributed by atoms with Gasteiger partial charge in [-0.25, -0.2) is 10.8 Å². The number of pyridine rings is 1. The van der Waals surface area contributed by atoms with Crippen LogP contribution in [0.15, 0.2) is 12.1 Å². The molecule has 18 heavy (non-hydrogen) atoms. The third kappa shape index (κ3) is 3.82. The van der Waals surface area contributed by atoms with E-state index in [0.717, 1.165) is 0 Å². The Morgan fingerprint density at radius 1 is 1.61 bits per heavy atom. The van der Waals surface area contributed by atoms with E-state index in [1.165, 1.54) is 12.1 Å². The molecule has 0 aromatic carbocycles. The number of hydrazine groups is 1. The Morgan fingerprint density at radius 2 is 2.33 bits per heavy atom. The molecule has 0 saturated carbocycles. The molecule has 1 aromatic rings. The van der Waals surface area contributed by atoms with Crippen molar-refractivity contribution in [3.05, 3.63) is 22.2 Å². The molecule has 1 heterocycles. The van der Waals surface area contributed by atoms with Gasteiger partial charge in [-0.2, -0.15) is 0 Å². The van der Waals surface area contributed by atoms with Crippen LogP contribution in [0.25, 0.3) is 0 Å². The standard InChI is InChI=1S/C10H17N5O3/c1-3-18-6-7(2)12-10-8(15(16)17)4-5-9(13-10)14-11/h4-5,7H,3,6,11H2,1-2H3,(H2,12,13,14). The zero-order valence-corrected chi connectivity index (χ0v) is 10.3. The maximum absolute atomic E-state index is 10.9. The molecule has 4 N–H and O–H groups in total. The molecule has 100 valence electrons. The minimum absolute atomic E-state index is 0.0934. The normalized spacial score (nSPS) is 11.9. The van der Waals surface area contributed by atoms with Gasteiger partial charge in [0, 0.05) is 18.7 Å². The summed E-state index contributed by atoms with van der Waals surface area (Å²) in [6.07, 6.45) is 0.